The molecule has 78 valence electrons. The first-order chi connectivity index (χ1) is 7.33. The molecule has 2 rings (SSSR count). The molecule has 2 atom stereocenters. The molecular formula is C13H16N2. The molecule has 2 heteroatoms. The molecule has 2 nitrogen and oxygen atoms in total. The van der Waals surface area contributed by atoms with Crippen LogP contribution in [0.4, 0.5) is 0 Å². The lowest BCUT2D eigenvalue weighted by Gasteiger charge is -2.29. The summed E-state index contributed by atoms with van der Waals surface area (Å²) in [7, 11) is 0. The van der Waals surface area contributed by atoms with Crippen molar-refractivity contribution in [2.75, 3.05) is 13.1 Å². The number of nitrogens with zero attached hydrogens (tertiary/aromatic N) is 1. The SMILES string of the molecule is Cc1ccccc1C1CNCCC1C#N. The smallest absolute Gasteiger partial charge is 0.0663 e. The Hall–Kier alpha value is -1.33. The molecule has 0 radical (unpaired) electrons. The first kappa shape index (κ1) is 10.2. The van der Waals surface area contributed by atoms with Crippen molar-refractivity contribution < 1.29 is 0 Å². The minimum Gasteiger partial charge on any atom is -0.316 e. The van der Waals surface area contributed by atoms with Gasteiger partial charge in [0.2, 0.25) is 0 Å². The molecule has 1 N–H and O–H groups in total. The lowest BCUT2D eigenvalue weighted by Crippen LogP contribution is -2.34. The molecule has 0 bridgehead atoms. The number of nitriles is 1. The van der Waals surface area contributed by atoms with E-state index < -0.39 is 0 Å². The van der Waals surface area contributed by atoms with Crippen molar-refractivity contribution in [2.24, 2.45) is 5.92 Å². The molecule has 1 aliphatic heterocycles. The van der Waals surface area contributed by atoms with Crippen LogP contribution in [0.2, 0.25) is 0 Å². The number of aryl methyl sites for hydroxylation is 1. The highest BCUT2D eigenvalue weighted by Crippen LogP contribution is 2.30. The van der Waals surface area contributed by atoms with Crippen molar-refractivity contribution in [1.82, 2.24) is 5.32 Å². The van der Waals surface area contributed by atoms with E-state index in [1.165, 1.54) is 11.1 Å². The monoisotopic (exact) mass is 200 g/mol. The van der Waals surface area contributed by atoms with Gasteiger partial charge in [-0.1, -0.05) is 24.3 Å². The first-order valence-electron chi connectivity index (χ1n) is 5.49. The third kappa shape index (κ3) is 2.03. The van der Waals surface area contributed by atoms with E-state index in [9.17, 15) is 0 Å². The minimum atomic E-state index is 0.173. The van der Waals surface area contributed by atoms with E-state index in [2.05, 4.69) is 42.6 Å². The van der Waals surface area contributed by atoms with Gasteiger partial charge in [0.05, 0.1) is 12.0 Å². The van der Waals surface area contributed by atoms with Crippen molar-refractivity contribution in [3.05, 3.63) is 35.4 Å². The van der Waals surface area contributed by atoms with Crippen LogP contribution in [-0.4, -0.2) is 13.1 Å². The molecule has 1 fully saturated rings. The van der Waals surface area contributed by atoms with Gasteiger partial charge in [0.1, 0.15) is 0 Å². The molecule has 0 amide bonds. The number of piperidine rings is 1. The fourth-order valence-electron chi connectivity index (χ4n) is 2.34. The molecule has 1 saturated heterocycles. The number of benzene rings is 1. The zero-order valence-electron chi connectivity index (χ0n) is 9.03. The van der Waals surface area contributed by atoms with Crippen LogP contribution in [0.3, 0.4) is 0 Å². The molecule has 2 unspecified atom stereocenters. The van der Waals surface area contributed by atoms with E-state index in [0.717, 1.165) is 19.5 Å². The fourth-order valence-corrected chi connectivity index (χ4v) is 2.34. The second-order valence-electron chi connectivity index (χ2n) is 4.19. The number of hydrogen-bond donors (Lipinski definition) is 1. The van der Waals surface area contributed by atoms with Gasteiger partial charge in [-0.15, -0.1) is 0 Å². The standard InChI is InChI=1S/C13H16N2/c1-10-4-2-3-5-12(10)13-9-15-7-6-11(13)8-14/h2-5,11,13,15H,6-7,9H2,1H3. The summed E-state index contributed by atoms with van der Waals surface area (Å²) in [5, 5.41) is 12.5. The molecule has 15 heavy (non-hydrogen) atoms. The van der Waals surface area contributed by atoms with Crippen molar-refractivity contribution in [1.29, 1.82) is 5.26 Å². The Labute approximate surface area is 90.9 Å². The third-order valence-corrected chi connectivity index (χ3v) is 3.24. The van der Waals surface area contributed by atoms with Crippen LogP contribution in [0.15, 0.2) is 24.3 Å². The van der Waals surface area contributed by atoms with Crippen LogP contribution < -0.4 is 5.32 Å². The van der Waals surface area contributed by atoms with Crippen molar-refractivity contribution in [3.63, 3.8) is 0 Å². The van der Waals surface area contributed by atoms with Crippen LogP contribution in [0.1, 0.15) is 23.5 Å². The van der Waals surface area contributed by atoms with Gasteiger partial charge in [-0.25, -0.2) is 0 Å². The first-order valence-corrected chi connectivity index (χ1v) is 5.49. The number of nitrogens with one attached hydrogen (secondary N) is 1. The lowest BCUT2D eigenvalue weighted by molar-refractivity contribution is 0.386. The molecule has 1 aliphatic rings. The predicted molar refractivity (Wildman–Crippen MR) is 60.5 cm³/mol. The second-order valence-corrected chi connectivity index (χ2v) is 4.19. The molecule has 1 heterocycles. The van der Waals surface area contributed by atoms with Crippen molar-refractivity contribution in [2.45, 2.75) is 19.3 Å². The van der Waals surface area contributed by atoms with Gasteiger partial charge in [0, 0.05) is 12.5 Å². The van der Waals surface area contributed by atoms with E-state index in [4.69, 9.17) is 5.26 Å². The van der Waals surface area contributed by atoms with Crippen molar-refractivity contribution in [3.8, 4) is 6.07 Å². The summed E-state index contributed by atoms with van der Waals surface area (Å²) in [6.07, 6.45) is 0.968. The average molecular weight is 200 g/mol. The van der Waals surface area contributed by atoms with Crippen LogP contribution in [0, 0.1) is 24.2 Å². The summed E-state index contributed by atoms with van der Waals surface area (Å²) in [4.78, 5) is 0. The van der Waals surface area contributed by atoms with Gasteiger partial charge in [0.15, 0.2) is 0 Å². The van der Waals surface area contributed by atoms with E-state index in [-0.39, 0.29) is 5.92 Å². The summed E-state index contributed by atoms with van der Waals surface area (Å²) < 4.78 is 0. The summed E-state index contributed by atoms with van der Waals surface area (Å²) in [6.45, 7) is 4.03. The van der Waals surface area contributed by atoms with Crippen LogP contribution in [0.25, 0.3) is 0 Å². The summed E-state index contributed by atoms with van der Waals surface area (Å²) in [5.74, 6) is 0.539. The van der Waals surface area contributed by atoms with E-state index in [1.807, 2.05) is 0 Å². The zero-order chi connectivity index (χ0) is 10.7. The van der Waals surface area contributed by atoms with Gasteiger partial charge < -0.3 is 5.32 Å². The van der Waals surface area contributed by atoms with Gasteiger partial charge in [-0.3, -0.25) is 0 Å². The Morgan fingerprint density at radius 1 is 1.40 bits per heavy atom. The molecule has 0 aliphatic carbocycles. The van der Waals surface area contributed by atoms with E-state index in [0.29, 0.717) is 5.92 Å². The highest BCUT2D eigenvalue weighted by Gasteiger charge is 2.26. The van der Waals surface area contributed by atoms with Crippen LogP contribution in [0.5, 0.6) is 0 Å². The van der Waals surface area contributed by atoms with Gasteiger partial charge >= 0.3 is 0 Å². The maximum Gasteiger partial charge on any atom is 0.0663 e. The normalized spacial score (nSPS) is 25.9. The van der Waals surface area contributed by atoms with Crippen LogP contribution >= 0.6 is 0 Å². The highest BCUT2D eigenvalue weighted by molar-refractivity contribution is 5.31. The third-order valence-electron chi connectivity index (χ3n) is 3.24. The van der Waals surface area contributed by atoms with E-state index >= 15 is 0 Å². The quantitative estimate of drug-likeness (QED) is 0.754. The Balaban J connectivity index is 2.29. The molecular weight excluding hydrogens is 184 g/mol. The second kappa shape index (κ2) is 4.46. The Kier molecular flexibility index (Phi) is 3.03. The van der Waals surface area contributed by atoms with E-state index in [1.54, 1.807) is 0 Å². The zero-order valence-corrected chi connectivity index (χ0v) is 9.03. The minimum absolute atomic E-state index is 0.173. The predicted octanol–water partition coefficient (Wildman–Crippen LogP) is 2.21. The number of rotatable bonds is 1. The molecule has 0 aromatic heterocycles. The fraction of sp³-hybridized carbons (Fsp3) is 0.462. The summed E-state index contributed by atoms with van der Waals surface area (Å²) in [6, 6.07) is 10.8. The molecule has 0 spiro atoms. The highest BCUT2D eigenvalue weighted by atomic mass is 14.9. The molecule has 1 aromatic rings. The Bertz CT molecular complexity index is 378. The average Bonchev–Trinajstić information content (AvgIpc) is 2.30. The summed E-state index contributed by atoms with van der Waals surface area (Å²) in [5.41, 5.74) is 2.63. The topological polar surface area (TPSA) is 35.8 Å². The number of hydrogen-bond acceptors (Lipinski definition) is 2. The van der Waals surface area contributed by atoms with Gasteiger partial charge in [-0.05, 0) is 31.0 Å². The Morgan fingerprint density at radius 3 is 2.93 bits per heavy atom. The molecule has 0 saturated carbocycles. The molecule has 1 aromatic carbocycles. The van der Waals surface area contributed by atoms with Crippen LogP contribution in [-0.2, 0) is 0 Å². The summed E-state index contributed by atoms with van der Waals surface area (Å²) >= 11 is 0. The Morgan fingerprint density at radius 2 is 2.20 bits per heavy atom. The largest absolute Gasteiger partial charge is 0.316 e. The van der Waals surface area contributed by atoms with Crippen molar-refractivity contribution >= 4 is 0 Å². The van der Waals surface area contributed by atoms with Gasteiger partial charge in [-0.2, -0.15) is 5.26 Å². The van der Waals surface area contributed by atoms with Gasteiger partial charge in [0.25, 0.3) is 0 Å². The maximum atomic E-state index is 9.14. The lowest BCUT2D eigenvalue weighted by atomic mass is 9.81. The maximum absolute atomic E-state index is 9.14.